The Morgan fingerprint density at radius 2 is 1.62 bits per heavy atom. The van der Waals surface area contributed by atoms with Crippen LogP contribution in [0.25, 0.3) is 0 Å². The molecule has 0 amide bonds. The molecule has 2 rings (SSSR count). The molecule has 0 saturated heterocycles. The van der Waals surface area contributed by atoms with Crippen LogP contribution in [0.15, 0.2) is 0 Å². The fourth-order valence-electron chi connectivity index (χ4n) is 4.05. The molecule has 2 saturated carbocycles. The van der Waals surface area contributed by atoms with E-state index in [2.05, 4.69) is 0 Å². The summed E-state index contributed by atoms with van der Waals surface area (Å²) in [5.74, 6) is -2.74. The maximum Gasteiger partial charge on any atom is 0.430 e. The normalized spacial score (nSPS) is 28.3. The molecule has 4 unspecified atom stereocenters. The van der Waals surface area contributed by atoms with Gasteiger partial charge in [0.1, 0.15) is 0 Å². The summed E-state index contributed by atoms with van der Waals surface area (Å²) in [5, 5.41) is 9.89. The summed E-state index contributed by atoms with van der Waals surface area (Å²) in [5.41, 5.74) is -6.34. The number of halogens is 6. The summed E-state index contributed by atoms with van der Waals surface area (Å²) in [6, 6.07) is 0. The van der Waals surface area contributed by atoms with Gasteiger partial charge in [0, 0.05) is 5.92 Å². The van der Waals surface area contributed by atoms with Crippen LogP contribution < -0.4 is 0 Å². The highest BCUT2D eigenvalue weighted by atomic mass is 19.4. The Kier molecular flexibility index (Phi) is 5.38. The zero-order chi connectivity index (χ0) is 20.1. The Morgan fingerprint density at radius 1 is 1.08 bits per heavy atom. The van der Waals surface area contributed by atoms with E-state index >= 15 is 0 Å². The molecule has 0 radical (unpaired) electrons. The van der Waals surface area contributed by atoms with E-state index in [0.717, 1.165) is 6.42 Å². The minimum Gasteiger partial charge on any atom is -0.458 e. The van der Waals surface area contributed by atoms with E-state index in [1.54, 1.807) is 6.92 Å². The number of aliphatic hydroxyl groups is 1. The lowest BCUT2D eigenvalue weighted by Gasteiger charge is -2.43. The van der Waals surface area contributed by atoms with Gasteiger partial charge in [-0.2, -0.15) is 26.3 Å². The minimum absolute atomic E-state index is 0.0103. The Bertz CT molecular complexity index is 526. The standard InChI is InChI=1S/C17H24F6O3/c1-4-14(2,3)13(24)26-12(11-8-9-5-6-10(11)7-9)15(25,16(18,19)20)17(21,22)23/h9-12,25H,4-8H2,1-3H3. The van der Waals surface area contributed by atoms with Crippen LogP contribution in [0, 0.1) is 23.2 Å². The van der Waals surface area contributed by atoms with Gasteiger partial charge in [-0.3, -0.25) is 4.79 Å². The monoisotopic (exact) mass is 390 g/mol. The number of hydrogen-bond donors (Lipinski definition) is 1. The zero-order valence-electron chi connectivity index (χ0n) is 14.9. The van der Waals surface area contributed by atoms with Crippen molar-refractivity contribution >= 4 is 5.97 Å². The van der Waals surface area contributed by atoms with Crippen molar-refractivity contribution in [2.24, 2.45) is 23.2 Å². The van der Waals surface area contributed by atoms with Crippen molar-refractivity contribution < 1.29 is 41.0 Å². The fourth-order valence-corrected chi connectivity index (χ4v) is 4.05. The minimum atomic E-state index is -6.02. The summed E-state index contributed by atoms with van der Waals surface area (Å²) in [7, 11) is 0. The Morgan fingerprint density at radius 3 is 1.96 bits per heavy atom. The molecule has 152 valence electrons. The molecule has 2 fully saturated rings. The Labute approximate surface area is 148 Å². The Balaban J connectivity index is 2.47. The molecular weight excluding hydrogens is 366 g/mol. The maximum atomic E-state index is 13.4. The third-order valence-corrected chi connectivity index (χ3v) is 6.13. The molecule has 0 aromatic rings. The Hall–Kier alpha value is -0.990. The lowest BCUT2D eigenvalue weighted by Crippen LogP contribution is -2.67. The number of carbonyl (C=O) groups excluding carboxylic acids is 1. The average molecular weight is 390 g/mol. The number of fused-ring (bicyclic) bond motifs is 2. The van der Waals surface area contributed by atoms with Gasteiger partial charge in [-0.25, -0.2) is 0 Å². The third kappa shape index (κ3) is 3.43. The van der Waals surface area contributed by atoms with Crippen LogP contribution in [0.2, 0.25) is 0 Å². The van der Waals surface area contributed by atoms with Gasteiger partial charge in [0.05, 0.1) is 5.41 Å². The summed E-state index contributed by atoms with van der Waals surface area (Å²) in [6.45, 7) is 4.34. The van der Waals surface area contributed by atoms with Crippen molar-refractivity contribution in [3.8, 4) is 0 Å². The molecule has 2 aliphatic rings. The first-order valence-corrected chi connectivity index (χ1v) is 8.72. The second kappa shape index (κ2) is 6.56. The van der Waals surface area contributed by atoms with Gasteiger partial charge in [0.2, 0.25) is 0 Å². The highest BCUT2D eigenvalue weighted by molar-refractivity contribution is 5.76. The predicted octanol–water partition coefficient (Wildman–Crippen LogP) is 4.63. The molecule has 3 nitrogen and oxygen atoms in total. The summed E-state index contributed by atoms with van der Waals surface area (Å²) in [4.78, 5) is 12.3. The van der Waals surface area contributed by atoms with Crippen molar-refractivity contribution in [3.05, 3.63) is 0 Å². The second-order valence-corrected chi connectivity index (χ2v) is 8.16. The molecule has 0 heterocycles. The van der Waals surface area contributed by atoms with E-state index < -0.39 is 47.3 Å². The maximum absolute atomic E-state index is 13.4. The van der Waals surface area contributed by atoms with Crippen LogP contribution >= 0.6 is 0 Å². The highest BCUT2D eigenvalue weighted by Gasteiger charge is 2.77. The SMILES string of the molecule is CCC(C)(C)C(=O)OC(C1CC2CCC1C2)C(O)(C(F)(F)F)C(F)(F)F. The van der Waals surface area contributed by atoms with Gasteiger partial charge in [-0.1, -0.05) is 13.3 Å². The van der Waals surface area contributed by atoms with Gasteiger partial charge in [0.25, 0.3) is 5.60 Å². The van der Waals surface area contributed by atoms with Crippen LogP contribution in [-0.2, 0) is 9.53 Å². The lowest BCUT2D eigenvalue weighted by atomic mass is 9.76. The predicted molar refractivity (Wildman–Crippen MR) is 79.9 cm³/mol. The summed E-state index contributed by atoms with van der Waals surface area (Å²) in [6.07, 6.45) is -12.8. The van der Waals surface area contributed by atoms with E-state index in [1.807, 2.05) is 0 Å². The van der Waals surface area contributed by atoms with Crippen molar-refractivity contribution in [1.82, 2.24) is 0 Å². The molecule has 0 spiro atoms. The number of hydrogen-bond acceptors (Lipinski definition) is 3. The summed E-state index contributed by atoms with van der Waals surface area (Å²) < 4.78 is 85.3. The first-order valence-electron chi connectivity index (χ1n) is 8.72. The quantitative estimate of drug-likeness (QED) is 0.550. The van der Waals surface area contributed by atoms with Crippen LogP contribution in [0.3, 0.4) is 0 Å². The smallest absolute Gasteiger partial charge is 0.430 e. The molecule has 0 aliphatic heterocycles. The van der Waals surface area contributed by atoms with E-state index in [0.29, 0.717) is 12.8 Å². The molecule has 0 aromatic heterocycles. The second-order valence-electron chi connectivity index (χ2n) is 8.16. The van der Waals surface area contributed by atoms with Crippen LogP contribution in [-0.4, -0.2) is 35.1 Å². The third-order valence-electron chi connectivity index (χ3n) is 6.13. The van der Waals surface area contributed by atoms with Gasteiger partial charge < -0.3 is 9.84 Å². The van der Waals surface area contributed by atoms with Gasteiger partial charge >= 0.3 is 18.3 Å². The van der Waals surface area contributed by atoms with E-state index in [1.165, 1.54) is 13.8 Å². The number of ether oxygens (including phenoxy) is 1. The van der Waals surface area contributed by atoms with Gasteiger partial charge in [-0.05, 0) is 51.4 Å². The number of alkyl halides is 6. The van der Waals surface area contributed by atoms with Gasteiger partial charge in [0.15, 0.2) is 6.10 Å². The molecule has 2 bridgehead atoms. The molecule has 9 heteroatoms. The van der Waals surface area contributed by atoms with E-state index in [4.69, 9.17) is 4.74 Å². The molecular formula is C17H24F6O3. The van der Waals surface area contributed by atoms with Gasteiger partial charge in [-0.15, -0.1) is 0 Å². The largest absolute Gasteiger partial charge is 0.458 e. The van der Waals surface area contributed by atoms with Crippen LogP contribution in [0.4, 0.5) is 26.3 Å². The van der Waals surface area contributed by atoms with E-state index in [9.17, 15) is 36.2 Å². The molecule has 1 N–H and O–H groups in total. The fraction of sp³-hybridized carbons (Fsp3) is 0.941. The van der Waals surface area contributed by atoms with Crippen molar-refractivity contribution in [3.63, 3.8) is 0 Å². The molecule has 2 aliphatic carbocycles. The number of rotatable bonds is 5. The molecule has 26 heavy (non-hydrogen) atoms. The highest BCUT2D eigenvalue weighted by Crippen LogP contribution is 2.56. The topological polar surface area (TPSA) is 46.5 Å². The van der Waals surface area contributed by atoms with Crippen molar-refractivity contribution in [1.29, 1.82) is 0 Å². The molecule has 0 aromatic carbocycles. The number of carbonyl (C=O) groups is 1. The average Bonchev–Trinajstić information content (AvgIpc) is 3.12. The van der Waals surface area contributed by atoms with Crippen LogP contribution in [0.5, 0.6) is 0 Å². The van der Waals surface area contributed by atoms with E-state index in [-0.39, 0.29) is 18.8 Å². The first-order chi connectivity index (χ1) is 11.6. The van der Waals surface area contributed by atoms with Crippen molar-refractivity contribution in [2.75, 3.05) is 0 Å². The summed E-state index contributed by atoms with van der Waals surface area (Å²) >= 11 is 0. The zero-order valence-corrected chi connectivity index (χ0v) is 14.9. The first kappa shape index (κ1) is 21.3. The van der Waals surface area contributed by atoms with Crippen molar-refractivity contribution in [2.45, 2.75) is 76.9 Å². The molecule has 4 atom stereocenters. The van der Waals surface area contributed by atoms with Crippen LogP contribution in [0.1, 0.15) is 52.9 Å². The number of esters is 1. The lowest BCUT2D eigenvalue weighted by molar-refractivity contribution is -0.397.